The zero-order valence-corrected chi connectivity index (χ0v) is 11.6. The lowest BCUT2D eigenvalue weighted by Crippen LogP contribution is -2.39. The molecule has 0 unspecified atom stereocenters. The van der Waals surface area contributed by atoms with Crippen molar-refractivity contribution in [1.29, 1.82) is 0 Å². The van der Waals surface area contributed by atoms with Crippen molar-refractivity contribution in [2.75, 3.05) is 0 Å². The first-order valence-corrected chi connectivity index (χ1v) is 6.23. The molecule has 0 fully saturated rings. The number of carbonyl (C=O) groups excluding carboxylic acids is 2. The van der Waals surface area contributed by atoms with Gasteiger partial charge in [0.05, 0.1) is 0 Å². The van der Waals surface area contributed by atoms with Crippen molar-refractivity contribution in [1.82, 2.24) is 0 Å². The van der Waals surface area contributed by atoms with Crippen LogP contribution in [0.25, 0.3) is 0 Å². The molecular weight excluding hydrogens is 297 g/mol. The minimum absolute atomic E-state index is 0.0377. The number of hydrogen-bond donors (Lipinski definition) is 0. The molecule has 0 spiro atoms. The predicted molar refractivity (Wildman–Crippen MR) is 65.8 cm³/mol. The van der Waals surface area contributed by atoms with Crippen LogP contribution in [0.15, 0.2) is 12.1 Å². The topological polar surface area (TPSA) is 43.4 Å². The molecule has 110 valence electrons. The first-order chi connectivity index (χ1) is 9.30. The third-order valence-electron chi connectivity index (χ3n) is 3.18. The number of ether oxygens (including phenoxy) is 1. The number of benzene rings is 1. The molecule has 1 aromatic rings. The van der Waals surface area contributed by atoms with Crippen molar-refractivity contribution < 1.29 is 27.5 Å². The molecule has 1 aromatic carbocycles. The first-order valence-electron chi connectivity index (χ1n) is 5.85. The zero-order chi connectivity index (χ0) is 15.5. The summed E-state index contributed by atoms with van der Waals surface area (Å²) in [6.07, 6.45) is 0.0753. The predicted octanol–water partition coefficient (Wildman–Crippen LogP) is 3.58. The molecule has 0 atom stereocenters. The summed E-state index contributed by atoms with van der Waals surface area (Å²) in [5, 5.41) is -0.949. The molecule has 0 radical (unpaired) electrons. The number of hydrogen-bond acceptors (Lipinski definition) is 3. The van der Waals surface area contributed by atoms with Crippen molar-refractivity contribution in [2.24, 2.45) is 5.41 Å². The Hall–Kier alpha value is -1.56. The van der Waals surface area contributed by atoms with Crippen LogP contribution >= 0.6 is 11.6 Å². The molecule has 20 heavy (non-hydrogen) atoms. The van der Waals surface area contributed by atoms with Crippen molar-refractivity contribution >= 4 is 22.8 Å². The lowest BCUT2D eigenvalue weighted by atomic mass is 9.84. The normalized spacial score (nSPS) is 11.3. The fourth-order valence-electron chi connectivity index (χ4n) is 1.68. The van der Waals surface area contributed by atoms with Gasteiger partial charge < -0.3 is 4.74 Å². The van der Waals surface area contributed by atoms with Crippen LogP contribution < -0.4 is 4.74 Å². The minimum Gasteiger partial charge on any atom is -0.422 e. The average molecular weight is 309 g/mol. The summed E-state index contributed by atoms with van der Waals surface area (Å²) < 4.78 is 43.9. The van der Waals surface area contributed by atoms with Crippen LogP contribution in [0.1, 0.15) is 26.7 Å². The van der Waals surface area contributed by atoms with Gasteiger partial charge in [0, 0.05) is 0 Å². The van der Waals surface area contributed by atoms with E-state index in [0.29, 0.717) is 6.07 Å². The second-order valence-electron chi connectivity index (χ2n) is 4.13. The van der Waals surface area contributed by atoms with E-state index < -0.39 is 39.8 Å². The summed E-state index contributed by atoms with van der Waals surface area (Å²) in [6.45, 7) is 3.07. The van der Waals surface area contributed by atoms with Gasteiger partial charge in [-0.05, 0) is 36.6 Å². The highest BCUT2D eigenvalue weighted by Gasteiger charge is 2.44. The second-order valence-corrected chi connectivity index (χ2v) is 4.47. The Bertz CT molecular complexity index is 542. The molecule has 0 bridgehead atoms. The van der Waals surface area contributed by atoms with Crippen LogP contribution in [0.5, 0.6) is 5.75 Å². The molecule has 7 heteroatoms. The summed E-state index contributed by atoms with van der Waals surface area (Å²) in [5.74, 6) is -6.70. The molecule has 0 aromatic heterocycles. The molecule has 0 N–H and O–H groups in total. The summed E-state index contributed by atoms with van der Waals surface area (Å²) >= 11 is 5.39. The Kier molecular flexibility index (Phi) is 5.16. The van der Waals surface area contributed by atoms with Gasteiger partial charge in [0.1, 0.15) is 5.41 Å². The SMILES string of the molecule is CCC(CC)(C(=O)Cl)C(=O)Oc1ccc(F)c(F)c1F. The number of esters is 1. The highest BCUT2D eigenvalue weighted by Crippen LogP contribution is 2.33. The number of halogens is 4. The maximum absolute atomic E-state index is 13.4. The smallest absolute Gasteiger partial charge is 0.326 e. The van der Waals surface area contributed by atoms with Gasteiger partial charge in [-0.15, -0.1) is 0 Å². The number of carbonyl (C=O) groups is 2. The molecule has 1 rings (SSSR count). The summed E-state index contributed by atoms with van der Waals surface area (Å²) in [5.41, 5.74) is -1.64. The van der Waals surface area contributed by atoms with E-state index in [-0.39, 0.29) is 12.8 Å². The van der Waals surface area contributed by atoms with Gasteiger partial charge in [0.2, 0.25) is 11.1 Å². The van der Waals surface area contributed by atoms with Crippen LogP contribution in [0.3, 0.4) is 0 Å². The summed E-state index contributed by atoms with van der Waals surface area (Å²) in [6, 6.07) is 1.38. The lowest BCUT2D eigenvalue weighted by Gasteiger charge is -2.24. The highest BCUT2D eigenvalue weighted by molar-refractivity contribution is 6.66. The molecular formula is C13H12ClF3O3. The fourth-order valence-corrected chi connectivity index (χ4v) is 2.03. The van der Waals surface area contributed by atoms with Crippen LogP contribution in [0.2, 0.25) is 0 Å². The molecule has 3 nitrogen and oxygen atoms in total. The van der Waals surface area contributed by atoms with Crippen molar-refractivity contribution in [2.45, 2.75) is 26.7 Å². The fraction of sp³-hybridized carbons (Fsp3) is 0.385. The van der Waals surface area contributed by atoms with Gasteiger partial charge in [0.15, 0.2) is 17.4 Å². The molecule has 0 aliphatic rings. The molecule has 0 aliphatic carbocycles. The standard InChI is InChI=1S/C13H12ClF3O3/c1-3-13(4-2,11(14)18)12(19)20-8-6-5-7(15)9(16)10(8)17/h5-6H,3-4H2,1-2H3. The molecule has 0 aliphatic heterocycles. The quantitative estimate of drug-likeness (QED) is 0.274. The highest BCUT2D eigenvalue weighted by atomic mass is 35.5. The first kappa shape index (κ1) is 16.5. The lowest BCUT2D eigenvalue weighted by molar-refractivity contribution is -0.150. The van der Waals surface area contributed by atoms with Crippen LogP contribution in [-0.2, 0) is 9.59 Å². The second kappa shape index (κ2) is 6.26. The Balaban J connectivity index is 3.13. The van der Waals surface area contributed by atoms with E-state index in [4.69, 9.17) is 11.6 Å². The van der Waals surface area contributed by atoms with Crippen molar-refractivity contribution in [3.05, 3.63) is 29.6 Å². The Morgan fingerprint density at radius 3 is 2.15 bits per heavy atom. The largest absolute Gasteiger partial charge is 0.422 e. The van der Waals surface area contributed by atoms with Crippen molar-refractivity contribution in [3.8, 4) is 5.75 Å². The van der Waals surface area contributed by atoms with Gasteiger partial charge in [-0.1, -0.05) is 13.8 Å². The minimum atomic E-state index is -1.76. The van der Waals surface area contributed by atoms with Gasteiger partial charge >= 0.3 is 5.97 Å². The molecule has 0 heterocycles. The summed E-state index contributed by atoms with van der Waals surface area (Å²) in [7, 11) is 0. The maximum atomic E-state index is 13.4. The van der Waals surface area contributed by atoms with Crippen molar-refractivity contribution in [3.63, 3.8) is 0 Å². The van der Waals surface area contributed by atoms with Crippen LogP contribution in [-0.4, -0.2) is 11.2 Å². The van der Waals surface area contributed by atoms with E-state index in [0.717, 1.165) is 6.07 Å². The van der Waals surface area contributed by atoms with Gasteiger partial charge in [0.25, 0.3) is 0 Å². The Labute approximate surface area is 118 Å². The van der Waals surface area contributed by atoms with Gasteiger partial charge in [-0.3, -0.25) is 9.59 Å². The Morgan fingerprint density at radius 1 is 1.15 bits per heavy atom. The van der Waals surface area contributed by atoms with Crippen LogP contribution in [0, 0.1) is 22.9 Å². The third kappa shape index (κ3) is 2.80. The number of rotatable bonds is 5. The Morgan fingerprint density at radius 2 is 1.70 bits per heavy atom. The van der Waals surface area contributed by atoms with Gasteiger partial charge in [-0.2, -0.15) is 4.39 Å². The van der Waals surface area contributed by atoms with E-state index in [9.17, 15) is 22.8 Å². The average Bonchev–Trinajstić information content (AvgIpc) is 2.41. The molecule has 0 amide bonds. The van der Waals surface area contributed by atoms with E-state index in [2.05, 4.69) is 4.74 Å². The molecule has 0 saturated carbocycles. The monoisotopic (exact) mass is 308 g/mol. The van der Waals surface area contributed by atoms with E-state index >= 15 is 0 Å². The van der Waals surface area contributed by atoms with E-state index in [1.165, 1.54) is 13.8 Å². The summed E-state index contributed by atoms with van der Waals surface area (Å²) in [4.78, 5) is 23.4. The molecule has 0 saturated heterocycles. The van der Waals surface area contributed by atoms with E-state index in [1.54, 1.807) is 0 Å². The van der Waals surface area contributed by atoms with Crippen LogP contribution in [0.4, 0.5) is 13.2 Å². The zero-order valence-electron chi connectivity index (χ0n) is 10.8. The maximum Gasteiger partial charge on any atom is 0.326 e. The third-order valence-corrected chi connectivity index (χ3v) is 3.54. The van der Waals surface area contributed by atoms with E-state index in [1.807, 2.05) is 0 Å². The van der Waals surface area contributed by atoms with Gasteiger partial charge in [-0.25, -0.2) is 8.78 Å².